The molecule has 3 aromatic rings. The second-order valence-corrected chi connectivity index (χ2v) is 12.4. The first kappa shape index (κ1) is 30.0. The van der Waals surface area contributed by atoms with Crippen LogP contribution >= 0.6 is 24.0 Å². The summed E-state index contributed by atoms with van der Waals surface area (Å²) in [7, 11) is -3.23. The van der Waals surface area contributed by atoms with Gasteiger partial charge in [-0.2, -0.15) is 5.10 Å². The Labute approximate surface area is 235 Å². The number of carbonyl (C=O) groups is 1. The average molecular weight is 582 g/mol. The highest BCUT2D eigenvalue weighted by atomic mass is 35.5. The number of carbonyl (C=O) groups excluding carboxylic acids is 1. The highest BCUT2D eigenvalue weighted by Crippen LogP contribution is 2.26. The molecule has 38 heavy (non-hydrogen) atoms. The zero-order valence-electron chi connectivity index (χ0n) is 22.1. The van der Waals surface area contributed by atoms with E-state index in [1.165, 1.54) is 6.26 Å². The topological polar surface area (TPSA) is 84.7 Å². The maximum Gasteiger partial charge on any atom is 0.242 e. The monoisotopic (exact) mass is 580 g/mol. The number of rotatable bonds is 9. The van der Waals surface area contributed by atoms with Crippen molar-refractivity contribution < 1.29 is 17.9 Å². The van der Waals surface area contributed by atoms with Gasteiger partial charge in [-0.05, 0) is 48.7 Å². The molecule has 0 N–H and O–H groups in total. The molecule has 1 fully saturated rings. The van der Waals surface area contributed by atoms with Crippen LogP contribution in [0.4, 0.5) is 5.82 Å². The third kappa shape index (κ3) is 7.50. The number of nitrogens with zero attached hydrogens (tertiary/aromatic N) is 4. The number of halogens is 2. The lowest BCUT2D eigenvalue weighted by molar-refractivity contribution is -0.121. The fourth-order valence-corrected chi connectivity index (χ4v) is 5.04. The Morgan fingerprint density at radius 1 is 1.05 bits per heavy atom. The summed E-state index contributed by atoms with van der Waals surface area (Å²) in [5.41, 5.74) is 2.83. The summed E-state index contributed by atoms with van der Waals surface area (Å²) in [6, 6.07) is 14.3. The van der Waals surface area contributed by atoms with Gasteiger partial charge in [0, 0.05) is 48.2 Å². The molecule has 1 aromatic heterocycles. The SMILES string of the molecule is Cc1cc(N2CCN(Cc3ccc(S(C)(=O)=O)cc3)CC2=O)nn1Cc1cc(Cl)ccc1OCC(C)C.Cl. The van der Waals surface area contributed by atoms with E-state index in [4.69, 9.17) is 21.4 Å². The highest BCUT2D eigenvalue weighted by molar-refractivity contribution is 7.90. The smallest absolute Gasteiger partial charge is 0.242 e. The minimum absolute atomic E-state index is 0. The molecule has 8 nitrogen and oxygen atoms in total. The van der Waals surface area contributed by atoms with Crippen molar-refractivity contribution in [3.63, 3.8) is 0 Å². The van der Waals surface area contributed by atoms with Crippen LogP contribution in [0.25, 0.3) is 0 Å². The van der Waals surface area contributed by atoms with Gasteiger partial charge < -0.3 is 4.74 Å². The van der Waals surface area contributed by atoms with Crippen LogP contribution in [0.5, 0.6) is 5.75 Å². The fourth-order valence-electron chi connectivity index (χ4n) is 4.21. The summed E-state index contributed by atoms with van der Waals surface area (Å²) >= 11 is 6.26. The summed E-state index contributed by atoms with van der Waals surface area (Å²) in [6.45, 7) is 9.32. The van der Waals surface area contributed by atoms with E-state index < -0.39 is 9.84 Å². The lowest BCUT2D eigenvalue weighted by atomic mass is 10.2. The minimum Gasteiger partial charge on any atom is -0.493 e. The predicted octanol–water partition coefficient (Wildman–Crippen LogP) is 4.60. The van der Waals surface area contributed by atoms with E-state index in [1.54, 1.807) is 29.2 Å². The van der Waals surface area contributed by atoms with Gasteiger partial charge in [-0.1, -0.05) is 37.6 Å². The number of hydrogen-bond donors (Lipinski definition) is 0. The van der Waals surface area contributed by atoms with Crippen LogP contribution in [0.2, 0.25) is 5.02 Å². The summed E-state index contributed by atoms with van der Waals surface area (Å²) in [4.78, 5) is 17.1. The second-order valence-electron chi connectivity index (χ2n) is 9.93. The molecule has 2 aromatic carbocycles. The van der Waals surface area contributed by atoms with Crippen LogP contribution in [0.15, 0.2) is 53.4 Å². The van der Waals surface area contributed by atoms with Gasteiger partial charge in [0.1, 0.15) is 5.75 Å². The van der Waals surface area contributed by atoms with Crippen molar-refractivity contribution in [3.8, 4) is 5.75 Å². The van der Waals surface area contributed by atoms with Gasteiger partial charge in [0.15, 0.2) is 15.7 Å². The van der Waals surface area contributed by atoms with E-state index in [0.29, 0.717) is 54.4 Å². The molecule has 1 aliphatic rings. The zero-order chi connectivity index (χ0) is 26.7. The average Bonchev–Trinajstić information content (AvgIpc) is 3.18. The molecule has 0 atom stereocenters. The number of sulfone groups is 1. The molecule has 0 spiro atoms. The van der Waals surface area contributed by atoms with Crippen molar-refractivity contribution in [2.45, 2.75) is 38.8 Å². The second kappa shape index (κ2) is 12.5. The van der Waals surface area contributed by atoms with E-state index >= 15 is 0 Å². The summed E-state index contributed by atoms with van der Waals surface area (Å²) in [6.07, 6.45) is 1.19. The van der Waals surface area contributed by atoms with E-state index in [0.717, 1.165) is 22.6 Å². The summed E-state index contributed by atoms with van der Waals surface area (Å²) in [5.74, 6) is 1.79. The summed E-state index contributed by atoms with van der Waals surface area (Å²) in [5, 5.41) is 5.37. The lowest BCUT2D eigenvalue weighted by Crippen LogP contribution is -2.50. The van der Waals surface area contributed by atoms with Crippen molar-refractivity contribution in [1.29, 1.82) is 0 Å². The quantitative estimate of drug-likeness (QED) is 0.367. The molecular weight excluding hydrogens is 547 g/mol. The van der Waals surface area contributed by atoms with Crippen LogP contribution in [0.1, 0.15) is 30.7 Å². The first-order valence-electron chi connectivity index (χ1n) is 12.3. The number of benzene rings is 2. The Hall–Kier alpha value is -2.59. The van der Waals surface area contributed by atoms with E-state index in [2.05, 4.69) is 18.7 Å². The normalized spacial score (nSPS) is 14.6. The van der Waals surface area contributed by atoms with Gasteiger partial charge in [-0.15, -0.1) is 12.4 Å². The number of piperazine rings is 1. The lowest BCUT2D eigenvalue weighted by Gasteiger charge is -2.33. The Morgan fingerprint density at radius 3 is 2.39 bits per heavy atom. The van der Waals surface area contributed by atoms with Gasteiger partial charge in [0.25, 0.3) is 0 Å². The molecule has 206 valence electrons. The first-order valence-corrected chi connectivity index (χ1v) is 14.5. The Morgan fingerprint density at radius 2 is 1.76 bits per heavy atom. The van der Waals surface area contributed by atoms with Crippen LogP contribution in [0.3, 0.4) is 0 Å². The number of amides is 1. The van der Waals surface area contributed by atoms with Crippen molar-refractivity contribution in [2.75, 3.05) is 37.4 Å². The standard InChI is InChI=1S/C27H33ClN4O4S.ClH/c1-19(2)18-36-25-10-7-23(28)14-22(25)16-32-20(3)13-26(29-32)31-12-11-30(17-27(31)33)15-21-5-8-24(9-6-21)37(4,34)35;/h5-10,13-14,19H,11-12,15-18H2,1-4H3;1H. The van der Waals surface area contributed by atoms with E-state index in [1.807, 2.05) is 35.9 Å². The van der Waals surface area contributed by atoms with Crippen molar-refractivity contribution >= 4 is 45.6 Å². The van der Waals surface area contributed by atoms with Crippen LogP contribution < -0.4 is 9.64 Å². The molecule has 0 unspecified atom stereocenters. The number of hydrogen-bond acceptors (Lipinski definition) is 6. The molecule has 1 saturated heterocycles. The largest absolute Gasteiger partial charge is 0.493 e. The molecule has 0 radical (unpaired) electrons. The maximum atomic E-state index is 13.0. The highest BCUT2D eigenvalue weighted by Gasteiger charge is 2.27. The van der Waals surface area contributed by atoms with Gasteiger partial charge in [0.2, 0.25) is 5.91 Å². The third-order valence-corrected chi connectivity index (χ3v) is 7.58. The molecular formula is C27H34Cl2N4O4S. The van der Waals surface area contributed by atoms with Crippen LogP contribution in [-0.2, 0) is 27.7 Å². The predicted molar refractivity (Wildman–Crippen MR) is 152 cm³/mol. The Kier molecular flexibility index (Phi) is 9.86. The van der Waals surface area contributed by atoms with Crippen LogP contribution in [-0.4, -0.2) is 61.5 Å². The molecule has 0 aliphatic carbocycles. The van der Waals surface area contributed by atoms with Crippen molar-refractivity contribution in [1.82, 2.24) is 14.7 Å². The fraction of sp³-hybridized carbons (Fsp3) is 0.407. The molecule has 1 aliphatic heterocycles. The van der Waals surface area contributed by atoms with Gasteiger partial charge >= 0.3 is 0 Å². The Balaban J connectivity index is 0.00000400. The van der Waals surface area contributed by atoms with Gasteiger partial charge in [0.05, 0.1) is 24.6 Å². The first-order chi connectivity index (χ1) is 17.5. The number of aryl methyl sites for hydroxylation is 1. The molecule has 2 heterocycles. The molecule has 4 rings (SSSR count). The van der Waals surface area contributed by atoms with E-state index in [-0.39, 0.29) is 24.9 Å². The van der Waals surface area contributed by atoms with Crippen LogP contribution in [0, 0.1) is 12.8 Å². The minimum atomic E-state index is -3.23. The molecule has 0 bridgehead atoms. The number of anilines is 1. The summed E-state index contributed by atoms with van der Waals surface area (Å²) < 4.78 is 31.2. The zero-order valence-corrected chi connectivity index (χ0v) is 24.4. The third-order valence-electron chi connectivity index (χ3n) is 6.22. The maximum absolute atomic E-state index is 13.0. The van der Waals surface area contributed by atoms with Gasteiger partial charge in [-0.25, -0.2) is 8.42 Å². The van der Waals surface area contributed by atoms with Gasteiger partial charge in [-0.3, -0.25) is 19.3 Å². The Bertz CT molecular complexity index is 1370. The molecule has 0 saturated carbocycles. The number of ether oxygens (including phenoxy) is 1. The van der Waals surface area contributed by atoms with E-state index in [9.17, 15) is 13.2 Å². The van der Waals surface area contributed by atoms with Crippen molar-refractivity contribution in [3.05, 3.63) is 70.4 Å². The number of aromatic nitrogens is 2. The molecule has 11 heteroatoms. The van der Waals surface area contributed by atoms with Crippen molar-refractivity contribution in [2.24, 2.45) is 5.92 Å². The molecule has 1 amide bonds.